The van der Waals surface area contributed by atoms with E-state index in [0.29, 0.717) is 5.92 Å². The molecule has 0 amide bonds. The van der Waals surface area contributed by atoms with Crippen LogP contribution in [0.3, 0.4) is 0 Å². The van der Waals surface area contributed by atoms with Crippen molar-refractivity contribution in [2.24, 2.45) is 5.92 Å². The Bertz CT molecular complexity index is 337. The second kappa shape index (κ2) is 6.09. The van der Waals surface area contributed by atoms with E-state index >= 15 is 0 Å². The van der Waals surface area contributed by atoms with Crippen LogP contribution in [0.25, 0.3) is 0 Å². The average molecular weight is 231 g/mol. The zero-order valence-corrected chi connectivity index (χ0v) is 11.2. The molecule has 0 radical (unpaired) electrons. The highest BCUT2D eigenvalue weighted by Gasteiger charge is 2.13. The van der Waals surface area contributed by atoms with Gasteiger partial charge in [-0.25, -0.2) is 0 Å². The minimum atomic E-state index is 0.602. The van der Waals surface area contributed by atoms with E-state index in [4.69, 9.17) is 0 Å². The van der Waals surface area contributed by atoms with Crippen molar-refractivity contribution in [3.8, 4) is 0 Å². The monoisotopic (exact) mass is 231 g/mol. The highest BCUT2D eigenvalue weighted by Crippen LogP contribution is 2.27. The SMILES string of the molecule is CC(C)c1ccccc1NCC1CCCCC1. The molecule has 1 aromatic carbocycles. The van der Waals surface area contributed by atoms with Gasteiger partial charge >= 0.3 is 0 Å². The molecule has 0 heterocycles. The molecule has 0 unspecified atom stereocenters. The van der Waals surface area contributed by atoms with E-state index in [1.807, 2.05) is 0 Å². The predicted octanol–water partition coefficient (Wildman–Crippen LogP) is 4.80. The molecule has 1 nitrogen and oxygen atoms in total. The van der Waals surface area contributed by atoms with Crippen molar-refractivity contribution in [1.29, 1.82) is 0 Å². The first kappa shape index (κ1) is 12.5. The Hall–Kier alpha value is -0.980. The number of benzene rings is 1. The second-order valence-corrected chi connectivity index (χ2v) is 5.63. The smallest absolute Gasteiger partial charge is 0.0375 e. The van der Waals surface area contributed by atoms with Crippen molar-refractivity contribution in [3.63, 3.8) is 0 Å². The summed E-state index contributed by atoms with van der Waals surface area (Å²) in [4.78, 5) is 0. The third-order valence-electron chi connectivity index (χ3n) is 3.89. The average Bonchev–Trinajstić information content (AvgIpc) is 2.38. The summed E-state index contributed by atoms with van der Waals surface area (Å²) in [6.45, 7) is 5.69. The predicted molar refractivity (Wildman–Crippen MR) is 75.6 cm³/mol. The summed E-state index contributed by atoms with van der Waals surface area (Å²) in [6, 6.07) is 8.74. The van der Waals surface area contributed by atoms with Gasteiger partial charge in [-0.2, -0.15) is 0 Å². The van der Waals surface area contributed by atoms with Gasteiger partial charge in [0.15, 0.2) is 0 Å². The molecule has 1 fully saturated rings. The number of hydrogen-bond acceptors (Lipinski definition) is 1. The highest BCUT2D eigenvalue weighted by atomic mass is 14.9. The molecule has 0 aliphatic heterocycles. The Balaban J connectivity index is 1.93. The highest BCUT2D eigenvalue weighted by molar-refractivity contribution is 5.52. The van der Waals surface area contributed by atoms with Gasteiger partial charge in [0.25, 0.3) is 0 Å². The summed E-state index contributed by atoms with van der Waals surface area (Å²) >= 11 is 0. The van der Waals surface area contributed by atoms with Gasteiger partial charge < -0.3 is 5.32 Å². The van der Waals surface area contributed by atoms with E-state index in [9.17, 15) is 0 Å². The summed E-state index contributed by atoms with van der Waals surface area (Å²) in [7, 11) is 0. The van der Waals surface area contributed by atoms with Crippen LogP contribution < -0.4 is 5.32 Å². The van der Waals surface area contributed by atoms with E-state index < -0.39 is 0 Å². The molecule has 1 heteroatoms. The van der Waals surface area contributed by atoms with E-state index in [2.05, 4.69) is 43.4 Å². The minimum absolute atomic E-state index is 0.602. The molecular weight excluding hydrogens is 206 g/mol. The minimum Gasteiger partial charge on any atom is -0.385 e. The van der Waals surface area contributed by atoms with Gasteiger partial charge in [-0.3, -0.25) is 0 Å². The largest absolute Gasteiger partial charge is 0.385 e. The number of anilines is 1. The molecule has 1 N–H and O–H groups in total. The van der Waals surface area contributed by atoms with Crippen LogP contribution in [0.1, 0.15) is 57.4 Å². The summed E-state index contributed by atoms with van der Waals surface area (Å²) in [6.07, 6.45) is 7.13. The molecule has 0 atom stereocenters. The Morgan fingerprint density at radius 3 is 2.53 bits per heavy atom. The van der Waals surface area contributed by atoms with Gasteiger partial charge in [-0.15, -0.1) is 0 Å². The Kier molecular flexibility index (Phi) is 4.47. The Labute approximate surface area is 106 Å². The molecule has 1 aromatic rings. The first-order valence-electron chi connectivity index (χ1n) is 7.10. The number of para-hydroxylation sites is 1. The molecule has 0 spiro atoms. The molecule has 1 aliphatic rings. The Morgan fingerprint density at radius 1 is 1.12 bits per heavy atom. The quantitative estimate of drug-likeness (QED) is 0.784. The summed E-state index contributed by atoms with van der Waals surface area (Å²) in [5, 5.41) is 3.66. The van der Waals surface area contributed by atoms with Crippen molar-refractivity contribution >= 4 is 5.69 Å². The summed E-state index contributed by atoms with van der Waals surface area (Å²) in [5.74, 6) is 1.49. The van der Waals surface area contributed by atoms with Crippen LogP contribution >= 0.6 is 0 Å². The molecule has 0 bridgehead atoms. The van der Waals surface area contributed by atoms with E-state index in [-0.39, 0.29) is 0 Å². The van der Waals surface area contributed by atoms with Crippen LogP contribution in [0, 0.1) is 5.92 Å². The second-order valence-electron chi connectivity index (χ2n) is 5.63. The van der Waals surface area contributed by atoms with E-state index in [1.54, 1.807) is 0 Å². The molecule has 2 rings (SSSR count). The van der Waals surface area contributed by atoms with Crippen molar-refractivity contribution in [2.75, 3.05) is 11.9 Å². The Morgan fingerprint density at radius 2 is 1.82 bits per heavy atom. The van der Waals surface area contributed by atoms with Gasteiger partial charge in [0.05, 0.1) is 0 Å². The third kappa shape index (κ3) is 3.49. The van der Waals surface area contributed by atoms with Crippen LogP contribution in [-0.4, -0.2) is 6.54 Å². The molecule has 1 aliphatic carbocycles. The van der Waals surface area contributed by atoms with Gasteiger partial charge in [-0.1, -0.05) is 51.3 Å². The van der Waals surface area contributed by atoms with E-state index in [1.165, 1.54) is 43.4 Å². The number of rotatable bonds is 4. The van der Waals surface area contributed by atoms with E-state index in [0.717, 1.165) is 12.5 Å². The molecular formula is C16H25N. The fraction of sp³-hybridized carbons (Fsp3) is 0.625. The lowest BCUT2D eigenvalue weighted by Gasteiger charge is -2.23. The number of nitrogens with one attached hydrogen (secondary N) is 1. The standard InChI is InChI=1S/C16H25N/c1-13(2)15-10-6-7-11-16(15)17-12-14-8-4-3-5-9-14/h6-7,10-11,13-14,17H,3-5,8-9,12H2,1-2H3. The zero-order valence-electron chi connectivity index (χ0n) is 11.2. The first-order valence-corrected chi connectivity index (χ1v) is 7.10. The first-order chi connectivity index (χ1) is 8.27. The van der Waals surface area contributed by atoms with Crippen LogP contribution in [0.4, 0.5) is 5.69 Å². The normalized spacial score (nSPS) is 17.4. The zero-order chi connectivity index (χ0) is 12.1. The molecule has 94 valence electrons. The molecule has 17 heavy (non-hydrogen) atoms. The van der Waals surface area contributed by atoms with Crippen LogP contribution in [-0.2, 0) is 0 Å². The van der Waals surface area contributed by atoms with Crippen molar-refractivity contribution < 1.29 is 0 Å². The van der Waals surface area contributed by atoms with Crippen molar-refractivity contribution in [2.45, 2.75) is 51.9 Å². The maximum absolute atomic E-state index is 3.66. The molecule has 0 aromatic heterocycles. The summed E-state index contributed by atoms with van der Waals surface area (Å²) in [5.41, 5.74) is 2.79. The lowest BCUT2D eigenvalue weighted by atomic mass is 9.89. The van der Waals surface area contributed by atoms with Gasteiger partial charge in [0.2, 0.25) is 0 Å². The van der Waals surface area contributed by atoms with Crippen LogP contribution in [0.5, 0.6) is 0 Å². The molecule has 1 saturated carbocycles. The third-order valence-corrected chi connectivity index (χ3v) is 3.89. The lowest BCUT2D eigenvalue weighted by molar-refractivity contribution is 0.373. The fourth-order valence-corrected chi connectivity index (χ4v) is 2.81. The van der Waals surface area contributed by atoms with Gasteiger partial charge in [-0.05, 0) is 36.3 Å². The lowest BCUT2D eigenvalue weighted by Crippen LogP contribution is -2.17. The molecule has 0 saturated heterocycles. The van der Waals surface area contributed by atoms with Crippen LogP contribution in [0.15, 0.2) is 24.3 Å². The van der Waals surface area contributed by atoms with Gasteiger partial charge in [0, 0.05) is 12.2 Å². The van der Waals surface area contributed by atoms with Gasteiger partial charge in [0.1, 0.15) is 0 Å². The fourth-order valence-electron chi connectivity index (χ4n) is 2.81. The van der Waals surface area contributed by atoms with Crippen LogP contribution in [0.2, 0.25) is 0 Å². The summed E-state index contributed by atoms with van der Waals surface area (Å²) < 4.78 is 0. The maximum atomic E-state index is 3.66. The van der Waals surface area contributed by atoms with Crippen molar-refractivity contribution in [3.05, 3.63) is 29.8 Å². The topological polar surface area (TPSA) is 12.0 Å². The maximum Gasteiger partial charge on any atom is 0.0375 e. The number of hydrogen-bond donors (Lipinski definition) is 1. The van der Waals surface area contributed by atoms with Crippen molar-refractivity contribution in [1.82, 2.24) is 0 Å².